The van der Waals surface area contributed by atoms with Crippen molar-refractivity contribution in [2.24, 2.45) is 7.05 Å². The van der Waals surface area contributed by atoms with E-state index >= 15 is 0 Å². The van der Waals surface area contributed by atoms with Crippen molar-refractivity contribution in [1.82, 2.24) is 24.1 Å². The van der Waals surface area contributed by atoms with Crippen LogP contribution in [0.4, 0.5) is 19.1 Å². The summed E-state index contributed by atoms with van der Waals surface area (Å²) in [5.41, 5.74) is -0.933. The number of carbonyl (C=O) groups excluding carboxylic acids is 1. The monoisotopic (exact) mass is 528 g/mol. The number of ketones is 1. The summed E-state index contributed by atoms with van der Waals surface area (Å²) in [6, 6.07) is 1.20. The smallest absolute Gasteiger partial charge is 0.351 e. The maximum Gasteiger partial charge on any atom is 0.420 e. The van der Waals surface area contributed by atoms with Crippen LogP contribution in [-0.4, -0.2) is 57.4 Å². The number of aromatic nitrogens is 4. The fourth-order valence-corrected chi connectivity index (χ4v) is 6.43. The molecule has 3 aromatic rings. The number of Topliss-reactive ketones (excluding diaryl/α,β-unsaturated/α-hetero) is 1. The lowest BCUT2D eigenvalue weighted by atomic mass is 10.1. The predicted molar refractivity (Wildman–Crippen MR) is 124 cm³/mol. The number of nitrogens with one attached hydrogen (secondary N) is 1. The summed E-state index contributed by atoms with van der Waals surface area (Å²) < 4.78 is 69.3. The Morgan fingerprint density at radius 1 is 1.23 bits per heavy atom. The zero-order valence-corrected chi connectivity index (χ0v) is 20.8. The van der Waals surface area contributed by atoms with E-state index in [1.54, 1.807) is 14.0 Å². The lowest BCUT2D eigenvalue weighted by Gasteiger charge is -2.31. The number of thiophene rings is 1. The van der Waals surface area contributed by atoms with Gasteiger partial charge in [-0.2, -0.15) is 22.6 Å². The third kappa shape index (κ3) is 5.23. The van der Waals surface area contributed by atoms with E-state index in [9.17, 15) is 26.4 Å². The SMILES string of the molecule is CC(=O)c1cc(-c2nc(NC3CCN(S(=O)(=O)c4cnn(C)c4)CC3)ncc2C(F)(F)F)sc1C. The van der Waals surface area contributed by atoms with Crippen LogP contribution in [0.2, 0.25) is 0 Å². The summed E-state index contributed by atoms with van der Waals surface area (Å²) in [6.07, 6.45) is -0.372. The normalized spacial score (nSPS) is 15.9. The van der Waals surface area contributed by atoms with E-state index in [4.69, 9.17) is 0 Å². The zero-order chi connectivity index (χ0) is 25.5. The van der Waals surface area contributed by atoms with Crippen molar-refractivity contribution in [2.75, 3.05) is 18.4 Å². The Morgan fingerprint density at radius 2 is 1.91 bits per heavy atom. The Kier molecular flexibility index (Phi) is 6.72. The summed E-state index contributed by atoms with van der Waals surface area (Å²) in [5.74, 6) is -0.226. The van der Waals surface area contributed by atoms with Crippen LogP contribution in [0.25, 0.3) is 10.6 Å². The number of anilines is 1. The molecule has 0 aliphatic carbocycles. The number of hydrogen-bond donors (Lipinski definition) is 1. The van der Waals surface area contributed by atoms with Gasteiger partial charge >= 0.3 is 6.18 Å². The highest BCUT2D eigenvalue weighted by Crippen LogP contribution is 2.39. The number of hydrogen-bond acceptors (Lipinski definition) is 8. The van der Waals surface area contributed by atoms with Gasteiger partial charge in [-0.25, -0.2) is 18.4 Å². The molecule has 0 aromatic carbocycles. The Balaban J connectivity index is 1.53. The van der Waals surface area contributed by atoms with Crippen molar-refractivity contribution >= 4 is 33.1 Å². The molecule has 9 nitrogen and oxygen atoms in total. The third-order valence-corrected chi connectivity index (χ3v) is 8.64. The molecule has 3 aromatic heterocycles. The van der Waals surface area contributed by atoms with Gasteiger partial charge in [0.1, 0.15) is 10.5 Å². The Labute approximate surface area is 204 Å². The summed E-state index contributed by atoms with van der Waals surface area (Å²) in [5, 5.41) is 6.95. The molecule has 1 fully saturated rings. The fourth-order valence-electron chi connectivity index (χ4n) is 3.90. The van der Waals surface area contributed by atoms with Gasteiger partial charge in [0.2, 0.25) is 16.0 Å². The molecule has 4 rings (SSSR count). The second-order valence-corrected chi connectivity index (χ2v) is 11.5. The molecule has 0 spiro atoms. The topological polar surface area (TPSA) is 110 Å². The minimum Gasteiger partial charge on any atom is -0.351 e. The minimum absolute atomic E-state index is 0.0111. The highest BCUT2D eigenvalue weighted by molar-refractivity contribution is 7.89. The van der Waals surface area contributed by atoms with Crippen LogP contribution in [-0.2, 0) is 23.2 Å². The molecule has 0 unspecified atom stereocenters. The largest absolute Gasteiger partial charge is 0.420 e. The van der Waals surface area contributed by atoms with Crippen LogP contribution >= 0.6 is 11.3 Å². The number of piperidine rings is 1. The summed E-state index contributed by atoms with van der Waals surface area (Å²) >= 11 is 1.06. The van der Waals surface area contributed by atoms with Gasteiger partial charge in [0.05, 0.1) is 16.8 Å². The lowest BCUT2D eigenvalue weighted by molar-refractivity contribution is -0.137. The number of nitrogens with zero attached hydrogens (tertiary/aromatic N) is 5. The lowest BCUT2D eigenvalue weighted by Crippen LogP contribution is -2.42. The van der Waals surface area contributed by atoms with Crippen molar-refractivity contribution in [3.8, 4) is 10.6 Å². The van der Waals surface area contributed by atoms with Crippen LogP contribution in [0, 0.1) is 6.92 Å². The molecule has 0 bridgehead atoms. The van der Waals surface area contributed by atoms with Crippen molar-refractivity contribution in [3.05, 3.63) is 40.7 Å². The van der Waals surface area contributed by atoms with Crippen LogP contribution < -0.4 is 5.32 Å². The van der Waals surface area contributed by atoms with Gasteiger partial charge in [-0.15, -0.1) is 11.3 Å². The average Bonchev–Trinajstić information content (AvgIpc) is 3.39. The van der Waals surface area contributed by atoms with E-state index in [0.29, 0.717) is 23.3 Å². The maximum absolute atomic E-state index is 13.7. The second kappa shape index (κ2) is 9.32. The maximum atomic E-state index is 13.7. The minimum atomic E-state index is -4.67. The Hall–Kier alpha value is -2.84. The average molecular weight is 529 g/mol. The Morgan fingerprint density at radius 3 is 2.46 bits per heavy atom. The van der Waals surface area contributed by atoms with Crippen molar-refractivity contribution in [2.45, 2.75) is 43.8 Å². The first-order chi connectivity index (χ1) is 16.4. The van der Waals surface area contributed by atoms with Crippen molar-refractivity contribution in [3.63, 3.8) is 0 Å². The van der Waals surface area contributed by atoms with Gasteiger partial charge in [0.25, 0.3) is 0 Å². The first-order valence-corrected chi connectivity index (χ1v) is 12.9. The molecule has 0 radical (unpaired) electrons. The molecular weight excluding hydrogens is 505 g/mol. The van der Waals surface area contributed by atoms with Crippen molar-refractivity contribution in [1.29, 1.82) is 0 Å². The van der Waals surface area contributed by atoms with E-state index in [0.717, 1.165) is 17.5 Å². The molecule has 4 heterocycles. The molecule has 14 heteroatoms. The molecule has 0 amide bonds. The Bertz CT molecular complexity index is 1360. The molecule has 35 heavy (non-hydrogen) atoms. The number of carbonyl (C=O) groups is 1. The number of alkyl halides is 3. The van der Waals surface area contributed by atoms with Gasteiger partial charge in [-0.1, -0.05) is 0 Å². The summed E-state index contributed by atoms with van der Waals surface area (Å²) in [4.78, 5) is 20.8. The van der Waals surface area contributed by atoms with Gasteiger partial charge in [-0.3, -0.25) is 9.48 Å². The number of sulfonamides is 1. The van der Waals surface area contributed by atoms with Crippen molar-refractivity contribution < 1.29 is 26.4 Å². The summed E-state index contributed by atoms with van der Waals surface area (Å²) in [6.45, 7) is 3.49. The quantitative estimate of drug-likeness (QED) is 0.486. The second-order valence-electron chi connectivity index (χ2n) is 8.26. The molecule has 0 atom stereocenters. The molecule has 0 saturated carbocycles. The van der Waals surface area contributed by atoms with Crippen LogP contribution in [0.1, 0.15) is 40.6 Å². The number of rotatable bonds is 6. The molecule has 1 aliphatic rings. The molecule has 188 valence electrons. The standard InChI is InChI=1S/C21H23F3N6O3S2/c1-12(31)16-8-18(34-13(16)2)19-17(21(22,23)24)10-25-20(28-19)27-14-4-6-30(7-5-14)35(32,33)15-9-26-29(3)11-15/h8-11,14H,4-7H2,1-3H3,(H,25,27,28). The molecule has 1 aliphatic heterocycles. The summed E-state index contributed by atoms with van der Waals surface area (Å²) in [7, 11) is -2.04. The highest BCUT2D eigenvalue weighted by atomic mass is 32.2. The van der Waals surface area contributed by atoms with Gasteiger partial charge in [0, 0.05) is 49.0 Å². The first kappa shape index (κ1) is 25.3. The number of halogens is 3. The van der Waals surface area contributed by atoms with E-state index in [1.807, 2.05) is 0 Å². The zero-order valence-electron chi connectivity index (χ0n) is 19.1. The molecule has 1 N–H and O–H groups in total. The van der Waals surface area contributed by atoms with E-state index in [2.05, 4.69) is 20.4 Å². The fraction of sp³-hybridized carbons (Fsp3) is 0.429. The third-order valence-electron chi connectivity index (χ3n) is 5.73. The molecule has 1 saturated heterocycles. The van der Waals surface area contributed by atoms with Crippen LogP contribution in [0.3, 0.4) is 0 Å². The number of aryl methyl sites for hydroxylation is 2. The molecular formula is C21H23F3N6O3S2. The van der Waals surface area contributed by atoms with E-state index in [1.165, 1.54) is 34.4 Å². The van der Waals surface area contributed by atoms with Gasteiger partial charge in [-0.05, 0) is 32.8 Å². The highest BCUT2D eigenvalue weighted by Gasteiger charge is 2.36. The van der Waals surface area contributed by atoms with Gasteiger partial charge in [0.15, 0.2) is 5.78 Å². The van der Waals surface area contributed by atoms with Crippen LogP contribution in [0.5, 0.6) is 0 Å². The first-order valence-electron chi connectivity index (χ1n) is 10.7. The van der Waals surface area contributed by atoms with Gasteiger partial charge < -0.3 is 5.32 Å². The van der Waals surface area contributed by atoms with Crippen LogP contribution in [0.15, 0.2) is 29.6 Å². The van der Waals surface area contributed by atoms with E-state index in [-0.39, 0.29) is 46.3 Å². The van der Waals surface area contributed by atoms with E-state index < -0.39 is 21.8 Å². The predicted octanol–water partition coefficient (Wildman–Crippen LogP) is 3.73.